The first-order chi connectivity index (χ1) is 15.2. The lowest BCUT2D eigenvalue weighted by Crippen LogP contribution is -2.31. The Hall–Kier alpha value is -3.66. The largest absolute Gasteiger partial charge is 0.497 e. The van der Waals surface area contributed by atoms with Crippen molar-refractivity contribution in [1.82, 2.24) is 4.31 Å². The third-order valence-electron chi connectivity index (χ3n) is 4.67. The van der Waals surface area contributed by atoms with Crippen LogP contribution in [0.3, 0.4) is 0 Å². The van der Waals surface area contributed by atoms with Crippen LogP contribution < -0.4 is 4.74 Å². The van der Waals surface area contributed by atoms with Gasteiger partial charge in [0.2, 0.25) is 0 Å². The molecule has 1 heterocycles. The maximum atomic E-state index is 12.6. The molecular formula is C22H22N2O7S. The zero-order valence-corrected chi connectivity index (χ0v) is 18.6. The molecule has 0 aromatic heterocycles. The Kier molecular flexibility index (Phi) is 6.94. The van der Waals surface area contributed by atoms with Gasteiger partial charge in [0, 0.05) is 6.20 Å². The average molecular weight is 458 g/mol. The van der Waals surface area contributed by atoms with Gasteiger partial charge in [-0.25, -0.2) is 9.59 Å². The molecule has 0 bridgehead atoms. The molecule has 3 rings (SSSR count). The summed E-state index contributed by atoms with van der Waals surface area (Å²) in [6.07, 6.45) is 1.23. The summed E-state index contributed by atoms with van der Waals surface area (Å²) >= 11 is 0. The second kappa shape index (κ2) is 9.65. The molecule has 0 N–H and O–H groups in total. The first-order valence-electron chi connectivity index (χ1n) is 9.51. The van der Waals surface area contributed by atoms with Gasteiger partial charge in [-0.1, -0.05) is 24.3 Å². The molecule has 0 spiro atoms. The molecule has 32 heavy (non-hydrogen) atoms. The Labute approximate surface area is 186 Å². The topological polar surface area (TPSA) is 112 Å². The van der Waals surface area contributed by atoms with Gasteiger partial charge in [-0.05, 0) is 42.3 Å². The van der Waals surface area contributed by atoms with E-state index in [1.807, 2.05) is 0 Å². The van der Waals surface area contributed by atoms with E-state index in [4.69, 9.17) is 9.47 Å². The number of carbonyl (C=O) groups excluding carboxylic acids is 2. The number of hydrogen-bond donors (Lipinski definition) is 0. The van der Waals surface area contributed by atoms with Crippen LogP contribution in [0.15, 0.2) is 64.7 Å². The van der Waals surface area contributed by atoms with Gasteiger partial charge < -0.3 is 14.2 Å². The van der Waals surface area contributed by atoms with Crippen LogP contribution in [0.1, 0.15) is 28.4 Å². The van der Waals surface area contributed by atoms with Crippen molar-refractivity contribution in [3.05, 3.63) is 77.0 Å². The Bertz CT molecular complexity index is 1170. The summed E-state index contributed by atoms with van der Waals surface area (Å²) < 4.78 is 44.7. The SMILES string of the molecule is COC(=O)c1ccc(COC(=O)C2=CN(Cc3ccc(OC)cc3)S(=O)(=O)N=C2C)cc1. The van der Waals surface area contributed by atoms with Crippen LogP contribution in [-0.4, -0.2) is 44.6 Å². The van der Waals surface area contributed by atoms with E-state index >= 15 is 0 Å². The highest BCUT2D eigenvalue weighted by molar-refractivity contribution is 7.88. The molecule has 0 atom stereocenters. The van der Waals surface area contributed by atoms with Gasteiger partial charge in [0.25, 0.3) is 0 Å². The van der Waals surface area contributed by atoms with E-state index in [1.165, 1.54) is 27.3 Å². The summed E-state index contributed by atoms with van der Waals surface area (Å²) in [5, 5.41) is 0. The van der Waals surface area contributed by atoms with Crippen LogP contribution in [0.4, 0.5) is 0 Å². The van der Waals surface area contributed by atoms with Gasteiger partial charge in [0.05, 0.1) is 37.6 Å². The second-order valence-corrected chi connectivity index (χ2v) is 8.40. The molecule has 2 aromatic rings. The molecule has 0 saturated heterocycles. The summed E-state index contributed by atoms with van der Waals surface area (Å²) in [6.45, 7) is 1.37. The zero-order chi connectivity index (χ0) is 23.3. The van der Waals surface area contributed by atoms with Crippen molar-refractivity contribution in [2.75, 3.05) is 14.2 Å². The molecule has 0 unspecified atom stereocenters. The third kappa shape index (κ3) is 5.33. The molecular weight excluding hydrogens is 436 g/mol. The molecule has 0 saturated carbocycles. The van der Waals surface area contributed by atoms with E-state index in [2.05, 4.69) is 9.13 Å². The van der Waals surface area contributed by atoms with Crippen LogP contribution in [0.2, 0.25) is 0 Å². The van der Waals surface area contributed by atoms with Crippen molar-refractivity contribution in [2.24, 2.45) is 4.40 Å². The monoisotopic (exact) mass is 458 g/mol. The lowest BCUT2D eigenvalue weighted by molar-refractivity contribution is -0.139. The predicted molar refractivity (Wildman–Crippen MR) is 116 cm³/mol. The Balaban J connectivity index is 1.72. The molecule has 1 aliphatic rings. The summed E-state index contributed by atoms with van der Waals surface area (Å²) in [4.78, 5) is 24.1. The minimum Gasteiger partial charge on any atom is -0.497 e. The van der Waals surface area contributed by atoms with Crippen LogP contribution >= 0.6 is 0 Å². The number of ether oxygens (including phenoxy) is 3. The normalized spacial score (nSPS) is 14.8. The van der Waals surface area contributed by atoms with Crippen LogP contribution in [0.5, 0.6) is 5.75 Å². The molecule has 0 aliphatic carbocycles. The van der Waals surface area contributed by atoms with Gasteiger partial charge in [-0.2, -0.15) is 8.42 Å². The fourth-order valence-corrected chi connectivity index (χ4v) is 4.00. The van der Waals surface area contributed by atoms with E-state index in [1.54, 1.807) is 48.5 Å². The van der Waals surface area contributed by atoms with Gasteiger partial charge in [-0.3, -0.25) is 4.31 Å². The van der Waals surface area contributed by atoms with Crippen LogP contribution in [-0.2, 0) is 37.6 Å². The zero-order valence-electron chi connectivity index (χ0n) is 17.8. The number of benzene rings is 2. The predicted octanol–water partition coefficient (Wildman–Crippen LogP) is 2.63. The highest BCUT2D eigenvalue weighted by atomic mass is 32.2. The number of hydrogen-bond acceptors (Lipinski definition) is 7. The molecule has 1 aliphatic heterocycles. The Morgan fingerprint density at radius 3 is 2.16 bits per heavy atom. The minimum atomic E-state index is -3.97. The fourth-order valence-electron chi connectivity index (χ4n) is 2.90. The first kappa shape index (κ1) is 23.0. The smallest absolute Gasteiger partial charge is 0.344 e. The molecule has 9 nitrogen and oxygen atoms in total. The van der Waals surface area contributed by atoms with Crippen molar-refractivity contribution < 1.29 is 32.2 Å². The molecule has 0 amide bonds. The van der Waals surface area contributed by atoms with Crippen LogP contribution in [0, 0.1) is 0 Å². The number of esters is 2. The van der Waals surface area contributed by atoms with Gasteiger partial charge >= 0.3 is 22.1 Å². The number of rotatable bonds is 7. The first-order valence-corrected chi connectivity index (χ1v) is 10.9. The van der Waals surface area contributed by atoms with Gasteiger partial charge in [0.15, 0.2) is 0 Å². The maximum absolute atomic E-state index is 12.6. The highest BCUT2D eigenvalue weighted by Gasteiger charge is 2.29. The molecule has 0 radical (unpaired) electrons. The van der Waals surface area contributed by atoms with Gasteiger partial charge in [0.1, 0.15) is 12.4 Å². The second-order valence-electron chi connectivity index (χ2n) is 6.86. The van der Waals surface area contributed by atoms with E-state index < -0.39 is 22.1 Å². The molecule has 10 heteroatoms. The van der Waals surface area contributed by atoms with E-state index in [-0.39, 0.29) is 24.4 Å². The Morgan fingerprint density at radius 2 is 1.56 bits per heavy atom. The van der Waals surface area contributed by atoms with Crippen LogP contribution in [0.25, 0.3) is 0 Å². The summed E-state index contributed by atoms with van der Waals surface area (Å²) in [5.74, 6) is -0.535. The van der Waals surface area contributed by atoms with Crippen molar-refractivity contribution in [3.8, 4) is 5.75 Å². The number of carbonyl (C=O) groups is 2. The van der Waals surface area contributed by atoms with E-state index in [9.17, 15) is 18.0 Å². The summed E-state index contributed by atoms with van der Waals surface area (Å²) in [7, 11) is -1.15. The minimum absolute atomic E-state index is 0.00508. The van der Waals surface area contributed by atoms with Crippen molar-refractivity contribution in [2.45, 2.75) is 20.1 Å². The molecule has 2 aromatic carbocycles. The van der Waals surface area contributed by atoms with Crippen molar-refractivity contribution in [3.63, 3.8) is 0 Å². The standard InChI is InChI=1S/C22H22N2O7S/c1-15-20(22(26)31-14-17-4-8-18(9-5-17)21(25)30-3)13-24(32(27,28)23-15)12-16-6-10-19(29-2)11-7-16/h4-11,13H,12,14H2,1-3H3. The Morgan fingerprint density at radius 1 is 0.938 bits per heavy atom. The molecule has 168 valence electrons. The molecule has 0 fully saturated rings. The lowest BCUT2D eigenvalue weighted by Gasteiger charge is -2.23. The fraction of sp³-hybridized carbons (Fsp3) is 0.227. The highest BCUT2D eigenvalue weighted by Crippen LogP contribution is 2.22. The lowest BCUT2D eigenvalue weighted by atomic mass is 10.1. The quantitative estimate of drug-likeness (QED) is 0.586. The van der Waals surface area contributed by atoms with E-state index in [0.29, 0.717) is 22.4 Å². The van der Waals surface area contributed by atoms with E-state index in [0.717, 1.165) is 4.31 Å². The number of methoxy groups -OCH3 is 2. The number of nitrogens with zero attached hydrogens (tertiary/aromatic N) is 2. The van der Waals surface area contributed by atoms with Gasteiger partial charge in [-0.15, -0.1) is 4.40 Å². The van der Waals surface area contributed by atoms with Crippen molar-refractivity contribution in [1.29, 1.82) is 0 Å². The third-order valence-corrected chi connectivity index (χ3v) is 6.01. The summed E-state index contributed by atoms with van der Waals surface area (Å²) in [5.41, 5.74) is 1.81. The summed E-state index contributed by atoms with van der Waals surface area (Å²) in [6, 6.07) is 13.3. The average Bonchev–Trinajstić information content (AvgIpc) is 2.79. The van der Waals surface area contributed by atoms with Crippen molar-refractivity contribution >= 4 is 27.9 Å². The maximum Gasteiger partial charge on any atom is 0.344 e.